The van der Waals surface area contributed by atoms with Crippen LogP contribution in [0, 0.1) is 13.8 Å². The molecule has 1 aromatic heterocycles. The number of anilines is 1. The van der Waals surface area contributed by atoms with Gasteiger partial charge in [-0.3, -0.25) is 0 Å². The van der Waals surface area contributed by atoms with Crippen molar-refractivity contribution < 1.29 is 9.47 Å². The zero-order valence-electron chi connectivity index (χ0n) is 12.2. The summed E-state index contributed by atoms with van der Waals surface area (Å²) in [7, 11) is 0. The number of rotatable bonds is 3. The number of hydrogen-bond donors (Lipinski definition) is 1. The third-order valence-electron chi connectivity index (χ3n) is 3.42. The van der Waals surface area contributed by atoms with E-state index in [9.17, 15) is 0 Å². The van der Waals surface area contributed by atoms with Crippen molar-refractivity contribution in [3.63, 3.8) is 0 Å². The second kappa shape index (κ2) is 5.41. The second-order valence-electron chi connectivity index (χ2n) is 4.83. The number of ether oxygens (including phenoxy) is 2. The fraction of sp³-hybridized carbons (Fsp3) is 0.333. The number of aryl methyl sites for hydroxylation is 1. The standard InChI is InChI=1S/C15H16ClN3O2/c1-4-17-14-8(2)9(3)18-15(19-14)10-5-11(16)13-12(6-10)20-7-21-13/h5-6H,4,7H2,1-3H3,(H,17,18,19). The Bertz CT molecular complexity index is 704. The molecule has 2 heterocycles. The van der Waals surface area contributed by atoms with Gasteiger partial charge in [-0.05, 0) is 32.9 Å². The molecule has 0 spiro atoms. The van der Waals surface area contributed by atoms with Crippen molar-refractivity contribution in [1.29, 1.82) is 0 Å². The molecule has 21 heavy (non-hydrogen) atoms. The Balaban J connectivity index is 2.10. The predicted octanol–water partition coefficient (Wildman–Crippen LogP) is 3.57. The lowest BCUT2D eigenvalue weighted by atomic mass is 10.1. The molecule has 1 aliphatic heterocycles. The van der Waals surface area contributed by atoms with Gasteiger partial charge in [0.15, 0.2) is 17.3 Å². The minimum absolute atomic E-state index is 0.189. The van der Waals surface area contributed by atoms with Crippen LogP contribution in [0.15, 0.2) is 12.1 Å². The smallest absolute Gasteiger partial charge is 0.231 e. The molecule has 1 aromatic carbocycles. The molecular formula is C15H16ClN3O2. The summed E-state index contributed by atoms with van der Waals surface area (Å²) in [5.74, 6) is 2.67. The summed E-state index contributed by atoms with van der Waals surface area (Å²) in [6.45, 7) is 7.00. The monoisotopic (exact) mass is 305 g/mol. The Kier molecular flexibility index (Phi) is 3.59. The molecule has 110 valence electrons. The maximum absolute atomic E-state index is 6.22. The Hall–Kier alpha value is -2.01. The lowest BCUT2D eigenvalue weighted by molar-refractivity contribution is 0.174. The van der Waals surface area contributed by atoms with E-state index < -0.39 is 0 Å². The van der Waals surface area contributed by atoms with Gasteiger partial charge in [0.05, 0.1) is 5.02 Å². The molecule has 0 amide bonds. The number of nitrogens with one attached hydrogen (secondary N) is 1. The van der Waals surface area contributed by atoms with Gasteiger partial charge in [0.25, 0.3) is 0 Å². The van der Waals surface area contributed by atoms with E-state index in [1.165, 1.54) is 0 Å². The number of hydrogen-bond acceptors (Lipinski definition) is 5. The Labute approximate surface area is 128 Å². The van der Waals surface area contributed by atoms with Crippen molar-refractivity contribution >= 4 is 17.4 Å². The van der Waals surface area contributed by atoms with E-state index in [4.69, 9.17) is 21.1 Å². The van der Waals surface area contributed by atoms with Crippen molar-refractivity contribution in [1.82, 2.24) is 9.97 Å². The molecule has 0 unspecified atom stereocenters. The molecule has 1 N–H and O–H groups in total. The van der Waals surface area contributed by atoms with Crippen LogP contribution in [0.3, 0.4) is 0 Å². The van der Waals surface area contributed by atoms with E-state index in [-0.39, 0.29) is 6.79 Å². The van der Waals surface area contributed by atoms with E-state index in [1.54, 1.807) is 6.07 Å². The molecule has 0 radical (unpaired) electrons. The average molecular weight is 306 g/mol. The molecule has 2 aromatic rings. The first-order valence-corrected chi connectivity index (χ1v) is 7.16. The highest BCUT2D eigenvalue weighted by Gasteiger charge is 2.20. The lowest BCUT2D eigenvalue weighted by Gasteiger charge is -2.11. The molecule has 0 saturated heterocycles. The van der Waals surface area contributed by atoms with Crippen molar-refractivity contribution in [2.75, 3.05) is 18.7 Å². The van der Waals surface area contributed by atoms with Gasteiger partial charge in [0, 0.05) is 23.4 Å². The topological polar surface area (TPSA) is 56.3 Å². The second-order valence-corrected chi connectivity index (χ2v) is 5.24. The van der Waals surface area contributed by atoms with E-state index in [0.29, 0.717) is 22.3 Å². The summed E-state index contributed by atoms with van der Waals surface area (Å²) >= 11 is 6.22. The molecular weight excluding hydrogens is 290 g/mol. The van der Waals surface area contributed by atoms with Crippen molar-refractivity contribution in [2.45, 2.75) is 20.8 Å². The fourth-order valence-electron chi connectivity index (χ4n) is 2.19. The predicted molar refractivity (Wildman–Crippen MR) is 82.2 cm³/mol. The molecule has 6 heteroatoms. The quantitative estimate of drug-likeness (QED) is 0.939. The van der Waals surface area contributed by atoms with Gasteiger partial charge in [-0.2, -0.15) is 0 Å². The summed E-state index contributed by atoms with van der Waals surface area (Å²) in [6.07, 6.45) is 0. The van der Waals surface area contributed by atoms with Gasteiger partial charge in [-0.1, -0.05) is 11.6 Å². The number of aromatic nitrogens is 2. The van der Waals surface area contributed by atoms with Gasteiger partial charge >= 0.3 is 0 Å². The normalized spacial score (nSPS) is 12.6. The molecule has 0 aliphatic carbocycles. The fourth-order valence-corrected chi connectivity index (χ4v) is 2.46. The highest BCUT2D eigenvalue weighted by atomic mass is 35.5. The van der Waals surface area contributed by atoms with Crippen molar-refractivity contribution in [2.24, 2.45) is 0 Å². The lowest BCUT2D eigenvalue weighted by Crippen LogP contribution is -2.06. The van der Waals surface area contributed by atoms with Crippen LogP contribution in [0.4, 0.5) is 5.82 Å². The minimum Gasteiger partial charge on any atom is -0.454 e. The average Bonchev–Trinajstić information content (AvgIpc) is 2.92. The number of fused-ring (bicyclic) bond motifs is 1. The summed E-state index contributed by atoms with van der Waals surface area (Å²) < 4.78 is 10.7. The molecule has 3 rings (SSSR count). The van der Waals surface area contributed by atoms with Crippen LogP contribution in [0.25, 0.3) is 11.4 Å². The SMILES string of the molecule is CCNc1nc(-c2cc(Cl)c3c(c2)OCO3)nc(C)c1C. The zero-order valence-corrected chi connectivity index (χ0v) is 12.9. The van der Waals surface area contributed by atoms with Crippen LogP contribution in [-0.4, -0.2) is 23.3 Å². The van der Waals surface area contributed by atoms with Crippen molar-refractivity contribution in [3.8, 4) is 22.9 Å². The van der Waals surface area contributed by atoms with Crippen molar-refractivity contribution in [3.05, 3.63) is 28.4 Å². The third kappa shape index (κ3) is 2.49. The largest absolute Gasteiger partial charge is 0.454 e. The first-order chi connectivity index (χ1) is 10.1. The van der Waals surface area contributed by atoms with Gasteiger partial charge in [-0.15, -0.1) is 0 Å². The summed E-state index contributed by atoms with van der Waals surface area (Å²) in [5.41, 5.74) is 2.80. The molecule has 0 fully saturated rings. The van der Waals surface area contributed by atoms with E-state index >= 15 is 0 Å². The van der Waals surface area contributed by atoms with Gasteiger partial charge in [0.1, 0.15) is 5.82 Å². The molecule has 1 aliphatic rings. The summed E-state index contributed by atoms with van der Waals surface area (Å²) in [6, 6.07) is 3.66. The highest BCUT2D eigenvalue weighted by molar-refractivity contribution is 6.32. The maximum Gasteiger partial charge on any atom is 0.231 e. The van der Waals surface area contributed by atoms with Crippen LogP contribution in [-0.2, 0) is 0 Å². The van der Waals surface area contributed by atoms with Crippen LogP contribution in [0.1, 0.15) is 18.2 Å². The Morgan fingerprint density at radius 1 is 1.24 bits per heavy atom. The molecule has 0 atom stereocenters. The van der Waals surface area contributed by atoms with E-state index in [0.717, 1.165) is 29.2 Å². The van der Waals surface area contributed by atoms with Crippen LogP contribution in [0.5, 0.6) is 11.5 Å². The minimum atomic E-state index is 0.189. The van der Waals surface area contributed by atoms with E-state index in [2.05, 4.69) is 15.3 Å². The maximum atomic E-state index is 6.22. The van der Waals surface area contributed by atoms with Gasteiger partial charge < -0.3 is 14.8 Å². The Morgan fingerprint density at radius 2 is 2.05 bits per heavy atom. The van der Waals surface area contributed by atoms with Gasteiger partial charge in [0.2, 0.25) is 6.79 Å². The third-order valence-corrected chi connectivity index (χ3v) is 3.70. The number of nitrogens with zero attached hydrogens (tertiary/aromatic N) is 2. The van der Waals surface area contributed by atoms with Crippen LogP contribution >= 0.6 is 11.6 Å². The summed E-state index contributed by atoms with van der Waals surface area (Å²) in [4.78, 5) is 9.13. The zero-order chi connectivity index (χ0) is 15.0. The molecule has 5 nitrogen and oxygen atoms in total. The highest BCUT2D eigenvalue weighted by Crippen LogP contribution is 2.42. The van der Waals surface area contributed by atoms with Crippen LogP contribution in [0.2, 0.25) is 5.02 Å². The number of benzene rings is 1. The van der Waals surface area contributed by atoms with Gasteiger partial charge in [-0.25, -0.2) is 9.97 Å². The first kappa shape index (κ1) is 13.9. The van der Waals surface area contributed by atoms with E-state index in [1.807, 2.05) is 26.8 Å². The Morgan fingerprint density at radius 3 is 2.81 bits per heavy atom. The van der Waals surface area contributed by atoms with Crippen LogP contribution < -0.4 is 14.8 Å². The summed E-state index contributed by atoms with van der Waals surface area (Å²) in [5, 5.41) is 3.76. The number of halogens is 1. The molecule has 0 bridgehead atoms. The molecule has 0 saturated carbocycles. The first-order valence-electron chi connectivity index (χ1n) is 6.78.